The molecule has 0 unspecified atom stereocenters. The second kappa shape index (κ2) is 4.65. The van der Waals surface area contributed by atoms with Gasteiger partial charge in [-0.2, -0.15) is 5.10 Å². The number of hydrogen-bond acceptors (Lipinski definition) is 2. The smallest absolute Gasteiger partial charge is 0.167 e. The lowest BCUT2D eigenvalue weighted by molar-refractivity contribution is 0.438. The van der Waals surface area contributed by atoms with Crippen molar-refractivity contribution in [1.29, 1.82) is 0 Å². The van der Waals surface area contributed by atoms with Gasteiger partial charge in [-0.05, 0) is 6.07 Å². The Morgan fingerprint density at radius 3 is 2.94 bits per heavy atom. The van der Waals surface area contributed by atoms with Gasteiger partial charge < -0.3 is 4.74 Å². The van der Waals surface area contributed by atoms with Gasteiger partial charge in [-0.25, -0.2) is 4.39 Å². The van der Waals surface area contributed by atoms with Crippen molar-refractivity contribution in [1.82, 2.24) is 9.78 Å². The lowest BCUT2D eigenvalue weighted by atomic mass is 10.2. The van der Waals surface area contributed by atoms with Gasteiger partial charge in [0.15, 0.2) is 17.3 Å². The minimum atomic E-state index is -0.374. The normalized spacial score (nSPS) is 10.4. The highest BCUT2D eigenvalue weighted by Gasteiger charge is 2.10. The molecule has 0 radical (unpaired) electrons. The highest BCUT2D eigenvalue weighted by Crippen LogP contribution is 2.29. The Kier molecular flexibility index (Phi) is 3.24. The number of halogens is 2. The third-order valence-corrected chi connectivity index (χ3v) is 2.70. The standard InChI is InChI=1S/C11H10BrFN2O/c1-15-7-9(6-14-15)16-11-8(5-12)3-2-4-10(11)13/h2-4,6-7H,5H2,1H3. The molecule has 2 aromatic rings. The summed E-state index contributed by atoms with van der Waals surface area (Å²) in [6.07, 6.45) is 3.23. The summed E-state index contributed by atoms with van der Waals surface area (Å²) in [4.78, 5) is 0. The van der Waals surface area contributed by atoms with Crippen LogP contribution in [0.3, 0.4) is 0 Å². The summed E-state index contributed by atoms with van der Waals surface area (Å²) in [5.41, 5.74) is 0.767. The minimum absolute atomic E-state index is 0.243. The molecule has 0 saturated carbocycles. The third-order valence-electron chi connectivity index (χ3n) is 2.09. The van der Waals surface area contributed by atoms with Gasteiger partial charge in [-0.15, -0.1) is 0 Å². The van der Waals surface area contributed by atoms with Gasteiger partial charge in [-0.3, -0.25) is 4.68 Å². The maximum atomic E-state index is 13.6. The van der Waals surface area contributed by atoms with Crippen LogP contribution in [-0.2, 0) is 12.4 Å². The highest BCUT2D eigenvalue weighted by molar-refractivity contribution is 9.08. The summed E-state index contributed by atoms with van der Waals surface area (Å²) in [7, 11) is 1.78. The number of aromatic nitrogens is 2. The molecule has 0 saturated heterocycles. The molecule has 84 valence electrons. The van der Waals surface area contributed by atoms with E-state index in [1.54, 1.807) is 30.2 Å². The molecular formula is C11H10BrFN2O. The van der Waals surface area contributed by atoms with Crippen LogP contribution in [0.4, 0.5) is 4.39 Å². The van der Waals surface area contributed by atoms with Crippen molar-refractivity contribution in [3.8, 4) is 11.5 Å². The Balaban J connectivity index is 2.33. The Hall–Kier alpha value is -1.36. The number of alkyl halides is 1. The second-order valence-corrected chi connectivity index (χ2v) is 3.87. The van der Waals surface area contributed by atoms with Crippen LogP contribution >= 0.6 is 15.9 Å². The van der Waals surface area contributed by atoms with Gasteiger partial charge in [0.2, 0.25) is 0 Å². The first-order valence-corrected chi connectivity index (χ1v) is 5.82. The lowest BCUT2D eigenvalue weighted by Gasteiger charge is -2.08. The van der Waals surface area contributed by atoms with Gasteiger partial charge in [0, 0.05) is 17.9 Å². The van der Waals surface area contributed by atoms with Crippen molar-refractivity contribution in [3.63, 3.8) is 0 Å². The molecular weight excluding hydrogens is 275 g/mol. The molecule has 0 aliphatic carbocycles. The van der Waals surface area contributed by atoms with Crippen LogP contribution in [0, 0.1) is 5.82 Å². The molecule has 0 atom stereocenters. The molecule has 0 aliphatic rings. The fourth-order valence-corrected chi connectivity index (χ4v) is 1.78. The van der Waals surface area contributed by atoms with Gasteiger partial charge in [0.05, 0.1) is 12.4 Å². The molecule has 0 aliphatic heterocycles. The first-order valence-electron chi connectivity index (χ1n) is 4.70. The number of benzene rings is 1. The van der Waals surface area contributed by atoms with E-state index in [2.05, 4.69) is 21.0 Å². The number of nitrogens with zero attached hydrogens (tertiary/aromatic N) is 2. The van der Waals surface area contributed by atoms with Crippen LogP contribution < -0.4 is 4.74 Å². The molecule has 0 amide bonds. The number of para-hydroxylation sites is 1. The van der Waals surface area contributed by atoms with E-state index in [4.69, 9.17) is 4.74 Å². The van der Waals surface area contributed by atoms with Crippen LogP contribution in [0.5, 0.6) is 11.5 Å². The maximum absolute atomic E-state index is 13.6. The molecule has 3 nitrogen and oxygen atoms in total. The first-order chi connectivity index (χ1) is 7.70. The number of hydrogen-bond donors (Lipinski definition) is 0. The molecule has 0 N–H and O–H groups in total. The predicted octanol–water partition coefficient (Wildman–Crippen LogP) is 3.25. The van der Waals surface area contributed by atoms with Crippen LogP contribution in [0.1, 0.15) is 5.56 Å². The number of aryl methyl sites for hydroxylation is 1. The average Bonchev–Trinajstić information content (AvgIpc) is 2.67. The maximum Gasteiger partial charge on any atom is 0.167 e. The van der Waals surface area contributed by atoms with E-state index in [-0.39, 0.29) is 11.6 Å². The zero-order valence-electron chi connectivity index (χ0n) is 8.65. The first kappa shape index (κ1) is 11.1. The molecule has 1 heterocycles. The van der Waals surface area contributed by atoms with Crippen molar-refractivity contribution in [2.75, 3.05) is 0 Å². The molecule has 5 heteroatoms. The Bertz CT molecular complexity index is 498. The molecule has 1 aromatic heterocycles. The summed E-state index contributed by atoms with van der Waals surface area (Å²) < 4.78 is 20.6. The summed E-state index contributed by atoms with van der Waals surface area (Å²) in [5.74, 6) is 0.392. The van der Waals surface area contributed by atoms with Crippen LogP contribution in [0.15, 0.2) is 30.6 Å². The predicted molar refractivity (Wildman–Crippen MR) is 62.3 cm³/mol. The van der Waals surface area contributed by atoms with Crippen molar-refractivity contribution in [3.05, 3.63) is 42.0 Å². The lowest BCUT2D eigenvalue weighted by Crippen LogP contribution is -1.92. The molecule has 0 bridgehead atoms. The second-order valence-electron chi connectivity index (χ2n) is 3.31. The summed E-state index contributed by atoms with van der Waals surface area (Å²) in [5, 5.41) is 4.50. The van der Waals surface area contributed by atoms with E-state index in [0.717, 1.165) is 5.56 Å². The van der Waals surface area contributed by atoms with Gasteiger partial charge in [0.25, 0.3) is 0 Å². The van der Waals surface area contributed by atoms with Gasteiger partial charge >= 0.3 is 0 Å². The van der Waals surface area contributed by atoms with Crippen molar-refractivity contribution < 1.29 is 9.13 Å². The average molecular weight is 285 g/mol. The summed E-state index contributed by atoms with van der Waals surface area (Å²) in [6.45, 7) is 0. The van der Waals surface area contributed by atoms with Crippen molar-refractivity contribution >= 4 is 15.9 Å². The zero-order chi connectivity index (χ0) is 11.5. The van der Waals surface area contributed by atoms with E-state index in [1.807, 2.05) is 6.07 Å². The van der Waals surface area contributed by atoms with Gasteiger partial charge in [0.1, 0.15) is 0 Å². The fraction of sp³-hybridized carbons (Fsp3) is 0.182. The summed E-state index contributed by atoms with van der Waals surface area (Å²) >= 11 is 3.29. The monoisotopic (exact) mass is 284 g/mol. The van der Waals surface area contributed by atoms with E-state index in [9.17, 15) is 4.39 Å². The molecule has 16 heavy (non-hydrogen) atoms. The Morgan fingerprint density at radius 2 is 2.31 bits per heavy atom. The quantitative estimate of drug-likeness (QED) is 0.809. The van der Waals surface area contributed by atoms with Gasteiger partial charge in [-0.1, -0.05) is 28.1 Å². The summed E-state index contributed by atoms with van der Waals surface area (Å²) in [6, 6.07) is 4.84. The van der Waals surface area contributed by atoms with E-state index >= 15 is 0 Å². The Morgan fingerprint density at radius 1 is 1.50 bits per heavy atom. The SMILES string of the molecule is Cn1cc(Oc2c(F)cccc2CBr)cn1. The molecule has 0 fully saturated rings. The van der Waals surface area contributed by atoms with Crippen LogP contribution in [-0.4, -0.2) is 9.78 Å². The van der Waals surface area contributed by atoms with Crippen molar-refractivity contribution in [2.45, 2.75) is 5.33 Å². The zero-order valence-corrected chi connectivity index (χ0v) is 10.2. The van der Waals surface area contributed by atoms with Crippen molar-refractivity contribution in [2.24, 2.45) is 7.05 Å². The highest BCUT2D eigenvalue weighted by atomic mass is 79.9. The van der Waals surface area contributed by atoms with Crippen LogP contribution in [0.2, 0.25) is 0 Å². The van der Waals surface area contributed by atoms with Crippen LogP contribution in [0.25, 0.3) is 0 Å². The minimum Gasteiger partial charge on any atom is -0.451 e. The van der Waals surface area contributed by atoms with E-state index in [0.29, 0.717) is 11.1 Å². The van der Waals surface area contributed by atoms with E-state index in [1.165, 1.54) is 6.07 Å². The molecule has 2 rings (SSSR count). The topological polar surface area (TPSA) is 27.1 Å². The molecule has 1 aromatic carbocycles. The number of ether oxygens (including phenoxy) is 1. The molecule has 0 spiro atoms. The largest absolute Gasteiger partial charge is 0.451 e. The number of rotatable bonds is 3. The van der Waals surface area contributed by atoms with E-state index < -0.39 is 0 Å². The Labute approximate surface area is 101 Å². The third kappa shape index (κ3) is 2.24. The fourth-order valence-electron chi connectivity index (χ4n) is 1.34.